The first kappa shape index (κ1) is 13.1. The molecule has 0 bridgehead atoms. The van der Waals surface area contributed by atoms with Gasteiger partial charge in [-0.05, 0) is 18.1 Å². The fourth-order valence-corrected chi connectivity index (χ4v) is 1.85. The number of hydrogen-bond acceptors (Lipinski definition) is 4. The number of fused-ring (bicyclic) bond motifs is 1. The van der Waals surface area contributed by atoms with Crippen molar-refractivity contribution in [1.29, 1.82) is 0 Å². The summed E-state index contributed by atoms with van der Waals surface area (Å²) in [5, 5.41) is 11.4. The Morgan fingerprint density at radius 3 is 2.95 bits per heavy atom. The van der Waals surface area contributed by atoms with Gasteiger partial charge in [-0.25, -0.2) is 0 Å². The van der Waals surface area contributed by atoms with Crippen LogP contribution in [0, 0.1) is 10.1 Å². The minimum Gasteiger partial charge on any atom is -0.465 e. The van der Waals surface area contributed by atoms with Gasteiger partial charge in [0.25, 0.3) is 5.69 Å². The summed E-state index contributed by atoms with van der Waals surface area (Å²) in [6.45, 7) is 2.31. The number of nitrogens with one attached hydrogen (secondary N) is 1. The smallest absolute Gasteiger partial charge is 0.310 e. The fourth-order valence-electron chi connectivity index (χ4n) is 1.85. The van der Waals surface area contributed by atoms with Gasteiger partial charge in [-0.1, -0.05) is 6.92 Å². The lowest BCUT2D eigenvalue weighted by Crippen LogP contribution is -2.08. The van der Waals surface area contributed by atoms with Crippen molar-refractivity contribution in [2.75, 3.05) is 6.61 Å². The minimum atomic E-state index is -0.453. The van der Waals surface area contributed by atoms with Crippen molar-refractivity contribution < 1.29 is 14.5 Å². The zero-order chi connectivity index (χ0) is 13.8. The summed E-state index contributed by atoms with van der Waals surface area (Å²) in [4.78, 5) is 24.8. The van der Waals surface area contributed by atoms with Crippen LogP contribution in [-0.2, 0) is 16.0 Å². The lowest BCUT2D eigenvalue weighted by atomic mass is 10.1. The lowest BCUT2D eigenvalue weighted by molar-refractivity contribution is -0.384. The summed E-state index contributed by atoms with van der Waals surface area (Å²) in [6.07, 6.45) is 2.56. The van der Waals surface area contributed by atoms with Crippen molar-refractivity contribution in [2.45, 2.75) is 19.8 Å². The molecule has 0 saturated heterocycles. The largest absolute Gasteiger partial charge is 0.465 e. The van der Waals surface area contributed by atoms with Gasteiger partial charge in [0.1, 0.15) is 0 Å². The van der Waals surface area contributed by atoms with Crippen molar-refractivity contribution >= 4 is 22.6 Å². The molecule has 0 saturated carbocycles. The van der Waals surface area contributed by atoms with E-state index in [1.54, 1.807) is 12.3 Å². The van der Waals surface area contributed by atoms with E-state index in [0.717, 1.165) is 11.9 Å². The molecule has 100 valence electrons. The Balaban J connectivity index is 2.25. The number of non-ortho nitro benzene ring substituents is 1. The van der Waals surface area contributed by atoms with Gasteiger partial charge in [0.15, 0.2) is 0 Å². The molecule has 2 aromatic rings. The van der Waals surface area contributed by atoms with Crippen LogP contribution < -0.4 is 0 Å². The van der Waals surface area contributed by atoms with E-state index in [1.807, 2.05) is 6.92 Å². The van der Waals surface area contributed by atoms with E-state index in [1.165, 1.54) is 12.1 Å². The summed E-state index contributed by atoms with van der Waals surface area (Å²) >= 11 is 0. The fraction of sp³-hybridized carbons (Fsp3) is 0.308. The Kier molecular flexibility index (Phi) is 3.79. The number of carbonyl (C=O) groups excluding carboxylic acids is 1. The molecule has 6 nitrogen and oxygen atoms in total. The number of nitro benzene ring substituents is 1. The molecule has 0 aliphatic heterocycles. The first-order valence-electron chi connectivity index (χ1n) is 6.02. The molecule has 19 heavy (non-hydrogen) atoms. The molecule has 0 atom stereocenters. The first-order valence-corrected chi connectivity index (χ1v) is 6.02. The Hall–Kier alpha value is -2.37. The van der Waals surface area contributed by atoms with Gasteiger partial charge in [0.2, 0.25) is 0 Å². The Morgan fingerprint density at radius 1 is 1.47 bits per heavy atom. The van der Waals surface area contributed by atoms with Crippen LogP contribution in [0.1, 0.15) is 18.9 Å². The number of nitro groups is 1. The second-order valence-electron chi connectivity index (χ2n) is 4.20. The Morgan fingerprint density at radius 2 is 2.26 bits per heavy atom. The van der Waals surface area contributed by atoms with E-state index in [4.69, 9.17) is 4.74 Å². The maximum atomic E-state index is 11.6. The van der Waals surface area contributed by atoms with Crippen molar-refractivity contribution in [3.8, 4) is 0 Å². The molecule has 0 aliphatic carbocycles. The predicted molar refractivity (Wildman–Crippen MR) is 69.9 cm³/mol. The van der Waals surface area contributed by atoms with Crippen LogP contribution in [-0.4, -0.2) is 22.5 Å². The standard InChI is InChI=1S/C13H14N2O4/c1-2-5-19-13(16)6-9-8-14-12-4-3-10(15(17)18)7-11(9)12/h3-4,7-8,14H,2,5-6H2,1H3. The molecule has 0 amide bonds. The highest BCUT2D eigenvalue weighted by molar-refractivity contribution is 5.88. The van der Waals surface area contributed by atoms with E-state index in [9.17, 15) is 14.9 Å². The number of rotatable bonds is 5. The number of esters is 1. The van der Waals surface area contributed by atoms with Crippen LogP contribution >= 0.6 is 0 Å². The third-order valence-electron chi connectivity index (χ3n) is 2.76. The zero-order valence-electron chi connectivity index (χ0n) is 10.5. The number of H-pyrrole nitrogens is 1. The van der Waals surface area contributed by atoms with Crippen molar-refractivity contribution in [3.05, 3.63) is 40.1 Å². The van der Waals surface area contributed by atoms with Crippen LogP contribution in [0.2, 0.25) is 0 Å². The van der Waals surface area contributed by atoms with Gasteiger partial charge in [-0.2, -0.15) is 0 Å². The van der Waals surface area contributed by atoms with Crippen molar-refractivity contribution in [3.63, 3.8) is 0 Å². The topological polar surface area (TPSA) is 85.2 Å². The molecule has 0 aliphatic rings. The van der Waals surface area contributed by atoms with Crippen LogP contribution in [0.5, 0.6) is 0 Å². The molecule has 1 heterocycles. The first-order chi connectivity index (χ1) is 9.11. The van der Waals surface area contributed by atoms with Gasteiger partial charge in [-0.3, -0.25) is 14.9 Å². The molecule has 1 aromatic carbocycles. The lowest BCUT2D eigenvalue weighted by Gasteiger charge is -2.02. The number of aromatic amines is 1. The highest BCUT2D eigenvalue weighted by atomic mass is 16.6. The van der Waals surface area contributed by atoms with Gasteiger partial charge >= 0.3 is 5.97 Å². The minimum absolute atomic E-state index is 0.00951. The normalized spacial score (nSPS) is 10.6. The molecule has 2 rings (SSSR count). The third kappa shape index (κ3) is 2.90. The van der Waals surface area contributed by atoms with E-state index in [0.29, 0.717) is 17.6 Å². The van der Waals surface area contributed by atoms with Crippen LogP contribution in [0.25, 0.3) is 10.9 Å². The third-order valence-corrected chi connectivity index (χ3v) is 2.76. The Bertz CT molecular complexity index is 618. The summed E-state index contributed by atoms with van der Waals surface area (Å²) in [6, 6.07) is 4.53. The second kappa shape index (κ2) is 5.51. The number of carbonyl (C=O) groups is 1. The summed E-state index contributed by atoms with van der Waals surface area (Å²) in [7, 11) is 0. The molecule has 1 N–H and O–H groups in total. The van der Waals surface area contributed by atoms with Gasteiger partial charge in [-0.15, -0.1) is 0 Å². The maximum Gasteiger partial charge on any atom is 0.310 e. The van der Waals surface area contributed by atoms with E-state index >= 15 is 0 Å². The number of hydrogen-bond donors (Lipinski definition) is 1. The van der Waals surface area contributed by atoms with Crippen LogP contribution in [0.4, 0.5) is 5.69 Å². The van der Waals surface area contributed by atoms with Gasteiger partial charge in [0, 0.05) is 29.2 Å². The summed E-state index contributed by atoms with van der Waals surface area (Å²) in [5.41, 5.74) is 1.49. The van der Waals surface area contributed by atoms with Crippen LogP contribution in [0.15, 0.2) is 24.4 Å². The molecule has 0 radical (unpaired) electrons. The Labute approximate surface area is 109 Å². The van der Waals surface area contributed by atoms with E-state index < -0.39 is 4.92 Å². The number of aromatic nitrogens is 1. The monoisotopic (exact) mass is 262 g/mol. The molecule has 0 fully saturated rings. The maximum absolute atomic E-state index is 11.6. The zero-order valence-corrected chi connectivity index (χ0v) is 10.5. The highest BCUT2D eigenvalue weighted by Gasteiger charge is 2.13. The second-order valence-corrected chi connectivity index (χ2v) is 4.20. The van der Waals surface area contributed by atoms with Crippen molar-refractivity contribution in [1.82, 2.24) is 4.98 Å². The molecular formula is C13H14N2O4. The number of ether oxygens (including phenoxy) is 1. The molecule has 6 heteroatoms. The molecule has 1 aromatic heterocycles. The van der Waals surface area contributed by atoms with E-state index in [-0.39, 0.29) is 18.1 Å². The molecule has 0 unspecified atom stereocenters. The van der Waals surface area contributed by atoms with Crippen LogP contribution in [0.3, 0.4) is 0 Å². The molecular weight excluding hydrogens is 248 g/mol. The van der Waals surface area contributed by atoms with E-state index in [2.05, 4.69) is 4.98 Å². The predicted octanol–water partition coefficient (Wildman–Crippen LogP) is 2.57. The summed E-state index contributed by atoms with van der Waals surface area (Å²) in [5.74, 6) is -0.325. The van der Waals surface area contributed by atoms with Gasteiger partial charge < -0.3 is 9.72 Å². The quantitative estimate of drug-likeness (QED) is 0.509. The molecule has 0 spiro atoms. The highest BCUT2D eigenvalue weighted by Crippen LogP contribution is 2.24. The SMILES string of the molecule is CCCOC(=O)Cc1c[nH]c2ccc([N+](=O)[O-])cc12. The average molecular weight is 262 g/mol. The number of nitrogens with zero attached hydrogens (tertiary/aromatic N) is 1. The average Bonchev–Trinajstić information content (AvgIpc) is 2.78. The number of benzene rings is 1. The summed E-state index contributed by atoms with van der Waals surface area (Å²) < 4.78 is 5.00. The van der Waals surface area contributed by atoms with Gasteiger partial charge in [0.05, 0.1) is 18.0 Å². The van der Waals surface area contributed by atoms with Crippen molar-refractivity contribution in [2.24, 2.45) is 0 Å².